The first-order valence-electron chi connectivity index (χ1n) is 8.46. The van der Waals surface area contributed by atoms with Gasteiger partial charge in [-0.3, -0.25) is 4.90 Å². The third kappa shape index (κ3) is 3.11. The van der Waals surface area contributed by atoms with Gasteiger partial charge in [0.25, 0.3) is 0 Å². The first kappa shape index (κ1) is 16.1. The van der Waals surface area contributed by atoms with E-state index in [1.165, 1.54) is 0 Å². The van der Waals surface area contributed by atoms with Crippen molar-refractivity contribution < 1.29 is 0 Å². The number of rotatable bonds is 2. The van der Waals surface area contributed by atoms with Gasteiger partial charge in [0.15, 0.2) is 5.13 Å². The van der Waals surface area contributed by atoms with Gasteiger partial charge in [0.2, 0.25) is 5.96 Å². The maximum Gasteiger partial charge on any atom is 0.208 e. The number of para-hydroxylation sites is 1. The number of hydrogen-bond donors (Lipinski definition) is 0. The van der Waals surface area contributed by atoms with E-state index in [1.54, 1.807) is 11.3 Å². The number of hydrogen-bond acceptors (Lipinski definition) is 7. The number of likely N-dealkylation sites (N-methyl/N-ethyl adjacent to an activating group) is 1. The number of piperazine rings is 1. The van der Waals surface area contributed by atoms with Crippen molar-refractivity contribution in [2.75, 3.05) is 38.1 Å². The molecule has 2 aliphatic heterocycles. The molecule has 1 aromatic heterocycles. The highest BCUT2D eigenvalue weighted by Crippen LogP contribution is 2.32. The van der Waals surface area contributed by atoms with Gasteiger partial charge in [-0.15, -0.1) is 0 Å². The van der Waals surface area contributed by atoms with Crippen LogP contribution in [0.25, 0.3) is 10.2 Å². The minimum absolute atomic E-state index is 0.0299. The molecule has 4 rings (SSSR count). The summed E-state index contributed by atoms with van der Waals surface area (Å²) >= 11 is 1.66. The largest absolute Gasteiger partial charge is 0.340 e. The molecule has 1 saturated heterocycles. The fourth-order valence-corrected chi connectivity index (χ4v) is 4.21. The van der Waals surface area contributed by atoms with Crippen LogP contribution in [0.4, 0.5) is 5.13 Å². The molecule has 128 valence electrons. The molecular weight excluding hydrogens is 332 g/mol. The highest BCUT2D eigenvalue weighted by molar-refractivity contribution is 7.22. The van der Waals surface area contributed by atoms with Crippen LogP contribution < -0.4 is 4.90 Å². The Bertz CT molecular complexity index is 823. The zero-order valence-corrected chi connectivity index (χ0v) is 15.0. The van der Waals surface area contributed by atoms with Gasteiger partial charge in [-0.25, -0.2) is 9.98 Å². The summed E-state index contributed by atoms with van der Waals surface area (Å²) in [7, 11) is 2.14. The van der Waals surface area contributed by atoms with E-state index in [-0.39, 0.29) is 6.04 Å². The van der Waals surface area contributed by atoms with Gasteiger partial charge in [0.1, 0.15) is 0 Å². The summed E-state index contributed by atoms with van der Waals surface area (Å²) in [5.41, 5.74) is 0.991. The highest BCUT2D eigenvalue weighted by Gasteiger charge is 2.31. The summed E-state index contributed by atoms with van der Waals surface area (Å²) in [5.74, 6) is 0.912. The lowest BCUT2D eigenvalue weighted by atomic mass is 10.1. The molecule has 0 bridgehead atoms. The van der Waals surface area contributed by atoms with E-state index in [0.717, 1.165) is 47.5 Å². The molecule has 0 amide bonds. The van der Waals surface area contributed by atoms with E-state index in [4.69, 9.17) is 4.98 Å². The first-order valence-corrected chi connectivity index (χ1v) is 9.27. The van der Waals surface area contributed by atoms with Crippen LogP contribution in [0, 0.1) is 11.3 Å². The molecule has 6 nitrogen and oxygen atoms in total. The van der Waals surface area contributed by atoms with Crippen molar-refractivity contribution in [3.05, 3.63) is 36.5 Å². The number of nitrogens with zero attached hydrogens (tertiary/aromatic N) is 6. The summed E-state index contributed by atoms with van der Waals surface area (Å²) in [4.78, 5) is 16.2. The van der Waals surface area contributed by atoms with E-state index >= 15 is 0 Å². The van der Waals surface area contributed by atoms with Crippen molar-refractivity contribution in [1.29, 1.82) is 5.26 Å². The molecule has 1 unspecified atom stereocenters. The predicted octanol–water partition coefficient (Wildman–Crippen LogP) is 2.52. The second kappa shape index (κ2) is 6.82. The average Bonchev–Trinajstić information content (AvgIpc) is 3.06. The number of aliphatic imine (C=N–C) groups is 1. The quantitative estimate of drug-likeness (QED) is 0.831. The molecule has 2 aliphatic rings. The maximum atomic E-state index is 9.27. The number of fused-ring (bicyclic) bond motifs is 1. The molecule has 0 N–H and O–H groups in total. The molecule has 1 aromatic carbocycles. The minimum atomic E-state index is -0.0299. The van der Waals surface area contributed by atoms with Gasteiger partial charge < -0.3 is 9.80 Å². The first-order chi connectivity index (χ1) is 12.3. The van der Waals surface area contributed by atoms with Crippen LogP contribution in [0.15, 0.2) is 41.5 Å². The zero-order valence-electron chi connectivity index (χ0n) is 14.2. The van der Waals surface area contributed by atoms with E-state index < -0.39 is 0 Å². The van der Waals surface area contributed by atoms with Crippen molar-refractivity contribution in [3.63, 3.8) is 0 Å². The van der Waals surface area contributed by atoms with Crippen LogP contribution in [0.5, 0.6) is 0 Å². The van der Waals surface area contributed by atoms with E-state index in [0.29, 0.717) is 6.42 Å². The molecule has 1 fully saturated rings. The summed E-state index contributed by atoms with van der Waals surface area (Å²) in [6.07, 6.45) is 4.24. The number of guanidine groups is 1. The van der Waals surface area contributed by atoms with Crippen LogP contribution in [0.1, 0.15) is 6.42 Å². The van der Waals surface area contributed by atoms with Crippen molar-refractivity contribution in [2.24, 2.45) is 4.99 Å². The lowest BCUT2D eigenvalue weighted by Crippen LogP contribution is -2.55. The SMILES string of the molecule is CN1CCN(C2=NC=CC(CC#N)N2c2nc3ccccc3s2)CC1. The molecule has 3 heterocycles. The Morgan fingerprint density at radius 3 is 2.80 bits per heavy atom. The lowest BCUT2D eigenvalue weighted by molar-refractivity contribution is 0.212. The Hall–Kier alpha value is -2.43. The standard InChI is InChI=1S/C18H20N6S/c1-22-10-12-23(13-11-22)17-20-9-7-14(6-8-19)24(17)18-21-15-4-2-3-5-16(15)25-18/h2-5,7,9,14H,6,10-13H2,1H3. The summed E-state index contributed by atoms with van der Waals surface area (Å²) < 4.78 is 1.15. The van der Waals surface area contributed by atoms with Gasteiger partial charge in [-0.1, -0.05) is 23.5 Å². The van der Waals surface area contributed by atoms with Gasteiger partial charge in [0.05, 0.1) is 28.7 Å². The van der Waals surface area contributed by atoms with E-state index in [2.05, 4.69) is 38.9 Å². The number of aromatic nitrogens is 1. The predicted molar refractivity (Wildman–Crippen MR) is 102 cm³/mol. The third-order valence-corrected chi connectivity index (χ3v) is 5.66. The molecule has 7 heteroatoms. The van der Waals surface area contributed by atoms with Gasteiger partial charge in [0, 0.05) is 32.4 Å². The van der Waals surface area contributed by atoms with E-state index in [1.807, 2.05) is 30.5 Å². The molecule has 1 atom stereocenters. The Kier molecular flexibility index (Phi) is 4.38. The normalized spacial score (nSPS) is 21.4. The van der Waals surface area contributed by atoms with Crippen LogP contribution in [0.3, 0.4) is 0 Å². The van der Waals surface area contributed by atoms with Crippen molar-refractivity contribution in [3.8, 4) is 6.07 Å². The maximum absolute atomic E-state index is 9.27. The number of thiazole rings is 1. The van der Waals surface area contributed by atoms with Crippen LogP contribution in [-0.4, -0.2) is 60.0 Å². The summed E-state index contributed by atoms with van der Waals surface area (Å²) in [5, 5.41) is 10.2. The second-order valence-electron chi connectivity index (χ2n) is 6.32. The Morgan fingerprint density at radius 2 is 2.04 bits per heavy atom. The lowest BCUT2D eigenvalue weighted by Gasteiger charge is -2.40. The van der Waals surface area contributed by atoms with Crippen LogP contribution >= 0.6 is 11.3 Å². The molecule has 25 heavy (non-hydrogen) atoms. The van der Waals surface area contributed by atoms with Crippen LogP contribution in [-0.2, 0) is 0 Å². The molecule has 2 aromatic rings. The summed E-state index contributed by atoms with van der Waals surface area (Å²) in [6.45, 7) is 3.90. The topological polar surface area (TPSA) is 58.8 Å². The number of anilines is 1. The fraction of sp³-hybridized carbons (Fsp3) is 0.389. The van der Waals surface area contributed by atoms with Gasteiger partial charge in [-0.05, 0) is 25.3 Å². The summed E-state index contributed by atoms with van der Waals surface area (Å²) in [6, 6.07) is 10.4. The van der Waals surface area contributed by atoms with Crippen LogP contribution in [0.2, 0.25) is 0 Å². The molecule has 0 spiro atoms. The third-order valence-electron chi connectivity index (χ3n) is 4.62. The van der Waals surface area contributed by atoms with Gasteiger partial charge in [-0.2, -0.15) is 5.26 Å². The molecule has 0 radical (unpaired) electrons. The second-order valence-corrected chi connectivity index (χ2v) is 7.33. The fourth-order valence-electron chi connectivity index (χ4n) is 3.19. The van der Waals surface area contributed by atoms with Crippen molar-refractivity contribution in [1.82, 2.24) is 14.8 Å². The Morgan fingerprint density at radius 1 is 1.24 bits per heavy atom. The zero-order chi connectivity index (χ0) is 17.2. The minimum Gasteiger partial charge on any atom is -0.340 e. The Balaban J connectivity index is 1.72. The number of benzene rings is 1. The van der Waals surface area contributed by atoms with Gasteiger partial charge >= 0.3 is 0 Å². The average molecular weight is 352 g/mol. The van der Waals surface area contributed by atoms with E-state index in [9.17, 15) is 5.26 Å². The Labute approximate surface area is 151 Å². The van der Waals surface area contributed by atoms with Crippen molar-refractivity contribution >= 4 is 32.6 Å². The highest BCUT2D eigenvalue weighted by atomic mass is 32.1. The van der Waals surface area contributed by atoms with Crippen molar-refractivity contribution in [2.45, 2.75) is 12.5 Å². The monoisotopic (exact) mass is 352 g/mol. The molecule has 0 aliphatic carbocycles. The smallest absolute Gasteiger partial charge is 0.208 e. The molecule has 0 saturated carbocycles. The number of nitriles is 1. The molecular formula is C18H20N6S.